The molecule has 1 atom stereocenters. The first-order valence-corrected chi connectivity index (χ1v) is 7.84. The van der Waals surface area contributed by atoms with E-state index in [0.29, 0.717) is 13.0 Å². The van der Waals surface area contributed by atoms with E-state index in [4.69, 9.17) is 0 Å². The van der Waals surface area contributed by atoms with Crippen LogP contribution in [0.2, 0.25) is 0 Å². The van der Waals surface area contributed by atoms with Crippen LogP contribution in [0.4, 0.5) is 5.13 Å². The van der Waals surface area contributed by atoms with Gasteiger partial charge < -0.3 is 14.8 Å². The third-order valence-electron chi connectivity index (χ3n) is 3.88. The van der Waals surface area contributed by atoms with Gasteiger partial charge in [0.2, 0.25) is 0 Å². The first-order chi connectivity index (χ1) is 9.67. The molecule has 20 heavy (non-hydrogen) atoms. The van der Waals surface area contributed by atoms with E-state index in [0.717, 1.165) is 30.0 Å². The van der Waals surface area contributed by atoms with Crippen molar-refractivity contribution >= 4 is 32.7 Å². The first-order valence-electron chi connectivity index (χ1n) is 7.02. The van der Waals surface area contributed by atoms with Crippen LogP contribution >= 0.6 is 11.3 Å². The standard InChI is InChI=1S/C15H18N2O2S/c1-2-10-5-6-12-13(8-10)20-15(16-12)17-7-3-4-11(9-17)14(18)19/h5-6,8,11H,2-4,7,9H2,1H3,(H,18,19)/p-1. The Morgan fingerprint density at radius 3 is 3.15 bits per heavy atom. The van der Waals surface area contributed by atoms with Crippen LogP contribution in [0, 0.1) is 5.92 Å². The average Bonchev–Trinajstić information content (AvgIpc) is 2.90. The lowest BCUT2D eigenvalue weighted by Crippen LogP contribution is -2.43. The maximum atomic E-state index is 11.0. The third-order valence-corrected chi connectivity index (χ3v) is 4.95. The molecule has 1 aromatic heterocycles. The molecule has 1 aromatic carbocycles. The van der Waals surface area contributed by atoms with E-state index in [1.54, 1.807) is 11.3 Å². The van der Waals surface area contributed by atoms with Crippen LogP contribution in [0.25, 0.3) is 10.2 Å². The zero-order valence-electron chi connectivity index (χ0n) is 11.5. The second-order valence-corrected chi connectivity index (χ2v) is 6.27. The molecule has 1 unspecified atom stereocenters. The molecule has 0 bridgehead atoms. The molecule has 0 amide bonds. The normalized spacial score (nSPS) is 19.4. The van der Waals surface area contributed by atoms with Gasteiger partial charge in [0.25, 0.3) is 0 Å². The number of aryl methyl sites for hydroxylation is 1. The van der Waals surface area contributed by atoms with Gasteiger partial charge in [0.05, 0.1) is 10.2 Å². The number of aromatic nitrogens is 1. The quantitative estimate of drug-likeness (QED) is 0.865. The first kappa shape index (κ1) is 13.4. The highest BCUT2D eigenvalue weighted by Gasteiger charge is 2.23. The van der Waals surface area contributed by atoms with Gasteiger partial charge in [-0.15, -0.1) is 0 Å². The maximum Gasteiger partial charge on any atom is 0.186 e. The Morgan fingerprint density at radius 1 is 1.55 bits per heavy atom. The van der Waals surface area contributed by atoms with E-state index in [9.17, 15) is 9.90 Å². The van der Waals surface area contributed by atoms with Crippen LogP contribution in [0.5, 0.6) is 0 Å². The minimum Gasteiger partial charge on any atom is -0.550 e. The highest BCUT2D eigenvalue weighted by Crippen LogP contribution is 2.32. The lowest BCUT2D eigenvalue weighted by Gasteiger charge is -2.32. The Hall–Kier alpha value is -1.62. The minimum atomic E-state index is -0.941. The van der Waals surface area contributed by atoms with Gasteiger partial charge >= 0.3 is 0 Å². The number of aliphatic carboxylic acids is 1. The zero-order valence-corrected chi connectivity index (χ0v) is 12.3. The van der Waals surface area contributed by atoms with Crippen molar-refractivity contribution in [2.75, 3.05) is 18.0 Å². The van der Waals surface area contributed by atoms with E-state index >= 15 is 0 Å². The topological polar surface area (TPSA) is 56.3 Å². The summed E-state index contributed by atoms with van der Waals surface area (Å²) in [5.74, 6) is -1.31. The Bertz CT molecular complexity index is 638. The van der Waals surface area contributed by atoms with Gasteiger partial charge in [0.15, 0.2) is 5.13 Å². The van der Waals surface area contributed by atoms with Crippen LogP contribution < -0.4 is 10.0 Å². The Morgan fingerprint density at radius 2 is 2.40 bits per heavy atom. The van der Waals surface area contributed by atoms with E-state index in [1.807, 2.05) is 6.07 Å². The van der Waals surface area contributed by atoms with E-state index in [2.05, 4.69) is 28.9 Å². The highest BCUT2D eigenvalue weighted by atomic mass is 32.1. The molecule has 0 aliphatic carbocycles. The summed E-state index contributed by atoms with van der Waals surface area (Å²) in [7, 11) is 0. The molecule has 2 aromatic rings. The number of piperidine rings is 1. The van der Waals surface area contributed by atoms with Crippen molar-refractivity contribution in [3.05, 3.63) is 23.8 Å². The molecule has 0 N–H and O–H groups in total. The van der Waals surface area contributed by atoms with Crippen LogP contribution in [0.1, 0.15) is 25.3 Å². The lowest BCUT2D eigenvalue weighted by molar-refractivity contribution is -0.311. The van der Waals surface area contributed by atoms with Gasteiger partial charge in [-0.25, -0.2) is 4.98 Å². The van der Waals surface area contributed by atoms with Crippen molar-refractivity contribution in [2.24, 2.45) is 5.92 Å². The second kappa shape index (κ2) is 5.40. The Labute approximate surface area is 122 Å². The monoisotopic (exact) mass is 289 g/mol. The van der Waals surface area contributed by atoms with Crippen molar-refractivity contribution in [3.8, 4) is 0 Å². The number of hydrogen-bond acceptors (Lipinski definition) is 5. The summed E-state index contributed by atoms with van der Waals surface area (Å²) in [5.41, 5.74) is 2.30. The fourth-order valence-electron chi connectivity index (χ4n) is 2.66. The van der Waals surface area contributed by atoms with Crippen LogP contribution in [0.15, 0.2) is 18.2 Å². The number of nitrogens with zero attached hydrogens (tertiary/aromatic N) is 2. The van der Waals surface area contributed by atoms with Gasteiger partial charge in [0.1, 0.15) is 0 Å². The highest BCUT2D eigenvalue weighted by molar-refractivity contribution is 7.22. The molecule has 1 saturated heterocycles. The summed E-state index contributed by atoms with van der Waals surface area (Å²) in [6.07, 6.45) is 2.61. The third kappa shape index (κ3) is 2.50. The maximum absolute atomic E-state index is 11.0. The van der Waals surface area contributed by atoms with Gasteiger partial charge in [-0.3, -0.25) is 0 Å². The van der Waals surface area contributed by atoms with Gasteiger partial charge in [0, 0.05) is 25.0 Å². The number of carboxylic acids is 1. The number of benzene rings is 1. The molecule has 5 heteroatoms. The van der Waals surface area contributed by atoms with Crippen LogP contribution in [-0.4, -0.2) is 24.0 Å². The molecular weight excluding hydrogens is 272 g/mol. The summed E-state index contributed by atoms with van der Waals surface area (Å²) < 4.78 is 1.18. The lowest BCUT2D eigenvalue weighted by atomic mass is 9.99. The van der Waals surface area contributed by atoms with Crippen LogP contribution in [-0.2, 0) is 11.2 Å². The summed E-state index contributed by atoms with van der Waals surface area (Å²) in [6, 6.07) is 6.33. The average molecular weight is 289 g/mol. The predicted octanol–water partition coefficient (Wildman–Crippen LogP) is 1.82. The summed E-state index contributed by atoms with van der Waals surface area (Å²) >= 11 is 1.65. The van der Waals surface area contributed by atoms with Gasteiger partial charge in [-0.1, -0.05) is 24.3 Å². The van der Waals surface area contributed by atoms with E-state index in [-0.39, 0.29) is 5.92 Å². The van der Waals surface area contributed by atoms with Crippen molar-refractivity contribution in [2.45, 2.75) is 26.2 Å². The summed E-state index contributed by atoms with van der Waals surface area (Å²) in [5, 5.41) is 12.0. The van der Waals surface area contributed by atoms with Crippen molar-refractivity contribution in [1.29, 1.82) is 0 Å². The van der Waals surface area contributed by atoms with Crippen molar-refractivity contribution < 1.29 is 9.90 Å². The summed E-state index contributed by atoms with van der Waals surface area (Å²) in [6.45, 7) is 3.53. The molecule has 4 nitrogen and oxygen atoms in total. The number of hydrogen-bond donors (Lipinski definition) is 0. The Kier molecular flexibility index (Phi) is 3.61. The van der Waals surface area contributed by atoms with E-state index < -0.39 is 5.97 Å². The fraction of sp³-hybridized carbons (Fsp3) is 0.467. The second-order valence-electron chi connectivity index (χ2n) is 5.26. The van der Waals surface area contributed by atoms with Gasteiger partial charge in [-0.05, 0) is 37.0 Å². The molecule has 1 aliphatic heterocycles. The fourth-order valence-corrected chi connectivity index (χ4v) is 3.72. The minimum absolute atomic E-state index is 0.373. The SMILES string of the molecule is CCc1ccc2nc(N3CCCC(C(=O)[O-])C3)sc2c1. The number of carbonyl (C=O) groups excluding carboxylic acids is 1. The molecular formula is C15H17N2O2S-. The molecule has 2 heterocycles. The van der Waals surface area contributed by atoms with Gasteiger partial charge in [-0.2, -0.15) is 0 Å². The van der Waals surface area contributed by atoms with Crippen molar-refractivity contribution in [3.63, 3.8) is 0 Å². The molecule has 106 valence electrons. The number of fused-ring (bicyclic) bond motifs is 1. The van der Waals surface area contributed by atoms with Crippen LogP contribution in [0.3, 0.4) is 0 Å². The molecule has 0 radical (unpaired) electrons. The molecule has 0 spiro atoms. The number of carbonyl (C=O) groups is 1. The molecule has 3 rings (SSSR count). The van der Waals surface area contributed by atoms with E-state index in [1.165, 1.54) is 10.3 Å². The predicted molar refractivity (Wildman–Crippen MR) is 78.9 cm³/mol. The molecule has 1 fully saturated rings. The van der Waals surface area contributed by atoms with Crippen molar-refractivity contribution in [1.82, 2.24) is 4.98 Å². The smallest absolute Gasteiger partial charge is 0.186 e. The number of thiazole rings is 1. The Balaban J connectivity index is 1.88. The number of carboxylic acid groups (broad SMARTS) is 1. The zero-order chi connectivity index (χ0) is 14.1. The largest absolute Gasteiger partial charge is 0.550 e. The number of rotatable bonds is 3. The molecule has 1 aliphatic rings. The summed E-state index contributed by atoms with van der Waals surface area (Å²) in [4.78, 5) is 17.8. The molecule has 0 saturated carbocycles. The number of anilines is 1.